The van der Waals surface area contributed by atoms with Crippen molar-refractivity contribution in [1.82, 2.24) is 9.80 Å². The predicted molar refractivity (Wildman–Crippen MR) is 89.2 cm³/mol. The van der Waals surface area contributed by atoms with Gasteiger partial charge in [-0.1, -0.05) is 0 Å². The highest BCUT2D eigenvalue weighted by molar-refractivity contribution is 8.03. The zero-order valence-electron chi connectivity index (χ0n) is 12.2. The molecule has 2 aliphatic rings. The fourth-order valence-electron chi connectivity index (χ4n) is 2.89. The maximum Gasteiger partial charge on any atom is 0.257 e. The van der Waals surface area contributed by atoms with E-state index in [1.54, 1.807) is 18.6 Å². The summed E-state index contributed by atoms with van der Waals surface area (Å²) < 4.78 is 5.02. The van der Waals surface area contributed by atoms with Gasteiger partial charge in [0.25, 0.3) is 5.91 Å². The molecule has 1 aromatic rings. The molecule has 1 aromatic heterocycles. The molecule has 0 radical (unpaired) electrons. The van der Waals surface area contributed by atoms with Crippen LogP contribution in [0.15, 0.2) is 23.0 Å². The zero-order valence-corrected chi connectivity index (χ0v) is 13.8. The van der Waals surface area contributed by atoms with E-state index in [1.165, 1.54) is 23.0 Å². The first-order valence-corrected chi connectivity index (χ1v) is 9.86. The minimum Gasteiger partial charge on any atom is -0.472 e. The third kappa shape index (κ3) is 3.99. The van der Waals surface area contributed by atoms with Crippen LogP contribution in [-0.2, 0) is 0 Å². The molecule has 4 nitrogen and oxygen atoms in total. The van der Waals surface area contributed by atoms with Crippen LogP contribution in [0.25, 0.3) is 0 Å². The third-order valence-corrected chi connectivity index (χ3v) is 6.58. The highest BCUT2D eigenvalue weighted by Gasteiger charge is 2.25. The molecule has 0 unspecified atom stereocenters. The van der Waals surface area contributed by atoms with Gasteiger partial charge in [-0.2, -0.15) is 23.5 Å². The summed E-state index contributed by atoms with van der Waals surface area (Å²) >= 11 is 4.15. The van der Waals surface area contributed by atoms with Gasteiger partial charge in [-0.25, -0.2) is 0 Å². The molecule has 21 heavy (non-hydrogen) atoms. The summed E-state index contributed by atoms with van der Waals surface area (Å²) in [7, 11) is 0. The van der Waals surface area contributed by atoms with Gasteiger partial charge in [0.05, 0.1) is 11.8 Å². The van der Waals surface area contributed by atoms with Gasteiger partial charge in [-0.15, -0.1) is 0 Å². The number of hydrogen-bond donors (Lipinski definition) is 0. The number of hydrogen-bond acceptors (Lipinski definition) is 5. The van der Waals surface area contributed by atoms with E-state index < -0.39 is 0 Å². The van der Waals surface area contributed by atoms with Gasteiger partial charge >= 0.3 is 0 Å². The number of carbonyl (C=O) groups excluding carboxylic acids is 1. The number of furan rings is 1. The summed E-state index contributed by atoms with van der Waals surface area (Å²) in [5.41, 5.74) is 0.670. The van der Waals surface area contributed by atoms with Crippen molar-refractivity contribution in [2.24, 2.45) is 0 Å². The molecular weight excluding hydrogens is 304 g/mol. The van der Waals surface area contributed by atoms with Gasteiger partial charge < -0.3 is 9.32 Å². The molecular formula is C15H22N2O2S2. The standard InChI is InChI=1S/C15H22N2O2S2/c18-15(13-2-7-19-10-13)17-4-1-3-16(5-6-17)14-11-20-8-9-21-12-14/h2,7,10,14H,1,3-6,8-9,11-12H2. The first kappa shape index (κ1) is 15.3. The summed E-state index contributed by atoms with van der Waals surface area (Å²) in [6.45, 7) is 3.79. The topological polar surface area (TPSA) is 36.7 Å². The lowest BCUT2D eigenvalue weighted by Crippen LogP contribution is -2.41. The fraction of sp³-hybridized carbons (Fsp3) is 0.667. The molecule has 116 valence electrons. The Morgan fingerprint density at radius 3 is 2.67 bits per heavy atom. The minimum absolute atomic E-state index is 0.107. The Hall–Kier alpha value is -0.590. The summed E-state index contributed by atoms with van der Waals surface area (Å²) in [5, 5.41) is 0. The monoisotopic (exact) mass is 326 g/mol. The normalized spacial score (nSPS) is 22.8. The number of nitrogens with zero attached hydrogens (tertiary/aromatic N) is 2. The van der Waals surface area contributed by atoms with Crippen LogP contribution in [0.4, 0.5) is 0 Å². The molecule has 0 atom stereocenters. The highest BCUT2D eigenvalue weighted by atomic mass is 32.2. The lowest BCUT2D eigenvalue weighted by atomic mass is 10.3. The molecule has 2 aliphatic heterocycles. The molecule has 2 saturated heterocycles. The lowest BCUT2D eigenvalue weighted by Gasteiger charge is -2.29. The van der Waals surface area contributed by atoms with E-state index in [1.807, 2.05) is 4.90 Å². The third-order valence-electron chi connectivity index (χ3n) is 4.09. The maximum absolute atomic E-state index is 12.4. The number of thioether (sulfide) groups is 2. The Balaban J connectivity index is 1.57. The van der Waals surface area contributed by atoms with Crippen molar-refractivity contribution in [3.8, 4) is 0 Å². The van der Waals surface area contributed by atoms with E-state index >= 15 is 0 Å². The largest absolute Gasteiger partial charge is 0.472 e. The van der Waals surface area contributed by atoms with Gasteiger partial charge in [-0.3, -0.25) is 9.69 Å². The molecule has 3 heterocycles. The SMILES string of the molecule is O=C(c1ccoc1)N1CCCN(C2CSCCSC2)CC1. The van der Waals surface area contributed by atoms with Gasteiger partial charge in [-0.05, 0) is 12.5 Å². The van der Waals surface area contributed by atoms with Crippen molar-refractivity contribution < 1.29 is 9.21 Å². The highest BCUT2D eigenvalue weighted by Crippen LogP contribution is 2.21. The molecule has 0 aliphatic carbocycles. The van der Waals surface area contributed by atoms with Gasteiger partial charge in [0.1, 0.15) is 6.26 Å². The lowest BCUT2D eigenvalue weighted by molar-refractivity contribution is 0.0759. The Kier molecular flexibility index (Phi) is 5.55. The van der Waals surface area contributed by atoms with Crippen molar-refractivity contribution in [2.45, 2.75) is 12.5 Å². The molecule has 3 rings (SSSR count). The van der Waals surface area contributed by atoms with Gasteiger partial charge in [0.15, 0.2) is 0 Å². The van der Waals surface area contributed by atoms with Crippen LogP contribution >= 0.6 is 23.5 Å². The van der Waals surface area contributed by atoms with E-state index in [4.69, 9.17) is 4.42 Å². The summed E-state index contributed by atoms with van der Waals surface area (Å²) in [6.07, 6.45) is 4.18. The average Bonchev–Trinajstić information content (AvgIpc) is 2.76. The molecule has 2 fully saturated rings. The van der Waals surface area contributed by atoms with E-state index in [0.29, 0.717) is 11.6 Å². The Bertz CT molecular complexity index is 445. The first-order chi connectivity index (χ1) is 10.3. The van der Waals surface area contributed by atoms with Crippen molar-refractivity contribution in [2.75, 3.05) is 49.2 Å². The van der Waals surface area contributed by atoms with Crippen LogP contribution in [0.2, 0.25) is 0 Å². The van der Waals surface area contributed by atoms with E-state index in [-0.39, 0.29) is 5.91 Å². The van der Waals surface area contributed by atoms with Crippen molar-refractivity contribution in [3.05, 3.63) is 24.2 Å². The molecule has 1 amide bonds. The number of amides is 1. The first-order valence-electron chi connectivity index (χ1n) is 7.55. The van der Waals surface area contributed by atoms with E-state index in [2.05, 4.69) is 28.4 Å². The summed E-state index contributed by atoms with van der Waals surface area (Å²) in [4.78, 5) is 17.0. The molecule has 6 heteroatoms. The Morgan fingerprint density at radius 2 is 1.95 bits per heavy atom. The second-order valence-corrected chi connectivity index (χ2v) is 7.80. The van der Waals surface area contributed by atoms with Crippen LogP contribution in [0, 0.1) is 0 Å². The zero-order chi connectivity index (χ0) is 14.5. The smallest absolute Gasteiger partial charge is 0.257 e. The van der Waals surface area contributed by atoms with Crippen LogP contribution in [0.1, 0.15) is 16.8 Å². The maximum atomic E-state index is 12.4. The van der Waals surface area contributed by atoms with Crippen molar-refractivity contribution >= 4 is 29.4 Å². The molecule has 0 saturated carbocycles. The summed E-state index contributed by atoms with van der Waals surface area (Å²) in [5.74, 6) is 5.14. The average molecular weight is 326 g/mol. The predicted octanol–water partition coefficient (Wildman–Crippen LogP) is 2.28. The number of carbonyl (C=O) groups is 1. The molecule has 0 spiro atoms. The van der Waals surface area contributed by atoms with Crippen LogP contribution in [0.5, 0.6) is 0 Å². The Labute approximate surface area is 134 Å². The summed E-state index contributed by atoms with van der Waals surface area (Å²) in [6, 6.07) is 2.43. The van der Waals surface area contributed by atoms with Crippen LogP contribution < -0.4 is 0 Å². The minimum atomic E-state index is 0.107. The van der Waals surface area contributed by atoms with Crippen LogP contribution in [0.3, 0.4) is 0 Å². The van der Waals surface area contributed by atoms with Gasteiger partial charge in [0.2, 0.25) is 0 Å². The van der Waals surface area contributed by atoms with E-state index in [0.717, 1.165) is 32.6 Å². The van der Waals surface area contributed by atoms with Crippen molar-refractivity contribution in [3.63, 3.8) is 0 Å². The quantitative estimate of drug-likeness (QED) is 0.833. The van der Waals surface area contributed by atoms with E-state index in [9.17, 15) is 4.79 Å². The van der Waals surface area contributed by atoms with Crippen molar-refractivity contribution in [1.29, 1.82) is 0 Å². The molecule has 0 N–H and O–H groups in total. The second kappa shape index (κ2) is 7.61. The van der Waals surface area contributed by atoms with Crippen LogP contribution in [-0.4, -0.2) is 70.9 Å². The molecule has 0 bridgehead atoms. The Morgan fingerprint density at radius 1 is 1.14 bits per heavy atom. The fourth-order valence-corrected chi connectivity index (χ4v) is 5.52. The number of rotatable bonds is 2. The second-order valence-electron chi connectivity index (χ2n) is 5.50. The molecule has 0 aromatic carbocycles. The van der Waals surface area contributed by atoms with Gasteiger partial charge in [0, 0.05) is 55.2 Å².